The van der Waals surface area contributed by atoms with Gasteiger partial charge in [0.2, 0.25) is 0 Å². The van der Waals surface area contributed by atoms with Crippen LogP contribution < -0.4 is 4.90 Å². The van der Waals surface area contributed by atoms with Crippen LogP contribution in [0.25, 0.3) is 0 Å². The van der Waals surface area contributed by atoms with Crippen molar-refractivity contribution >= 4 is 29.7 Å². The first-order valence-electron chi connectivity index (χ1n) is 8.78. The van der Waals surface area contributed by atoms with E-state index in [4.69, 9.17) is 0 Å². The number of hydrogen-bond donors (Lipinski definition) is 0. The average molecular weight is 388 g/mol. The summed E-state index contributed by atoms with van der Waals surface area (Å²) in [5.41, 5.74) is 3.07. The number of hydrogen-bond acceptors (Lipinski definition) is 1. The fourth-order valence-electron chi connectivity index (χ4n) is 5.09. The van der Waals surface area contributed by atoms with Gasteiger partial charge in [0.25, 0.3) is 0 Å². The van der Waals surface area contributed by atoms with Gasteiger partial charge in [-0.05, 0) is 41.5 Å². The van der Waals surface area contributed by atoms with Gasteiger partial charge < -0.3 is 4.90 Å². The number of anilines is 1. The number of halogens is 1. The van der Waals surface area contributed by atoms with Gasteiger partial charge in [-0.2, -0.15) is 0 Å². The van der Waals surface area contributed by atoms with Crippen molar-refractivity contribution in [3.63, 3.8) is 0 Å². The third kappa shape index (κ3) is 2.47. The monoisotopic (exact) mass is 387 g/mol. The predicted octanol–water partition coefficient (Wildman–Crippen LogP) is 5.61. The molecule has 5 atom stereocenters. The van der Waals surface area contributed by atoms with Crippen molar-refractivity contribution in [2.75, 3.05) is 11.1 Å². The highest BCUT2D eigenvalue weighted by molar-refractivity contribution is 9.10. The number of rotatable bonds is 2. The molecule has 0 saturated heterocycles. The average Bonchev–Trinajstić information content (AvgIpc) is 2.93. The normalized spacial score (nSPS) is 34.5. The van der Waals surface area contributed by atoms with Crippen LogP contribution in [0.5, 0.6) is 0 Å². The lowest BCUT2D eigenvalue weighted by Gasteiger charge is -2.35. The maximum Gasteiger partial charge on any atom is 0.0665 e. The third-order valence-corrected chi connectivity index (χ3v) is 7.60. The standard InChI is InChI=1S/C20H26BrNSi/c1-13-15-7-5-6-8-16(15)19-17-11-14(21)9-10-18(17)22(20(13)19)12-23(2,3)4/h5-11,13,15-16,19-20H,12H2,1-4H3. The van der Waals surface area contributed by atoms with Crippen LogP contribution in [-0.2, 0) is 0 Å². The summed E-state index contributed by atoms with van der Waals surface area (Å²) in [6.07, 6.45) is 10.7. The van der Waals surface area contributed by atoms with Crippen LogP contribution in [-0.4, -0.2) is 20.3 Å². The second-order valence-electron chi connectivity index (χ2n) is 8.69. The molecule has 1 fully saturated rings. The van der Waals surface area contributed by atoms with Crippen LogP contribution in [0.2, 0.25) is 19.6 Å². The van der Waals surface area contributed by atoms with Gasteiger partial charge in [0, 0.05) is 28.3 Å². The molecule has 0 N–H and O–H groups in total. The van der Waals surface area contributed by atoms with Crippen molar-refractivity contribution in [1.82, 2.24) is 0 Å². The first-order chi connectivity index (χ1) is 10.9. The van der Waals surface area contributed by atoms with E-state index in [1.807, 2.05) is 0 Å². The third-order valence-electron chi connectivity index (χ3n) is 5.81. The van der Waals surface area contributed by atoms with E-state index < -0.39 is 8.07 Å². The largest absolute Gasteiger partial charge is 0.370 e. The molecular weight excluding hydrogens is 362 g/mol. The molecule has 4 rings (SSSR count). The van der Waals surface area contributed by atoms with Gasteiger partial charge in [-0.1, -0.05) is 66.8 Å². The summed E-state index contributed by atoms with van der Waals surface area (Å²) in [6, 6.07) is 7.62. The highest BCUT2D eigenvalue weighted by Crippen LogP contribution is 2.58. The highest BCUT2D eigenvalue weighted by atomic mass is 79.9. The van der Waals surface area contributed by atoms with Gasteiger partial charge in [0.15, 0.2) is 0 Å². The van der Waals surface area contributed by atoms with Crippen molar-refractivity contribution in [3.05, 3.63) is 52.5 Å². The second kappa shape index (κ2) is 5.35. The Hall–Kier alpha value is -0.803. The first kappa shape index (κ1) is 15.7. The molecule has 1 aliphatic heterocycles. The van der Waals surface area contributed by atoms with Crippen molar-refractivity contribution in [1.29, 1.82) is 0 Å². The van der Waals surface area contributed by atoms with E-state index in [0.29, 0.717) is 29.7 Å². The van der Waals surface area contributed by atoms with Crippen LogP contribution in [0.4, 0.5) is 5.69 Å². The zero-order valence-electron chi connectivity index (χ0n) is 14.5. The van der Waals surface area contributed by atoms with Gasteiger partial charge in [-0.25, -0.2) is 0 Å². The summed E-state index contributed by atoms with van der Waals surface area (Å²) in [5, 5.41) is 0. The zero-order valence-corrected chi connectivity index (χ0v) is 17.0. The molecule has 5 unspecified atom stereocenters. The van der Waals surface area contributed by atoms with E-state index in [9.17, 15) is 0 Å². The molecule has 122 valence electrons. The summed E-state index contributed by atoms with van der Waals surface area (Å²) >= 11 is 3.70. The summed E-state index contributed by atoms with van der Waals surface area (Å²) in [5.74, 6) is 2.74. The molecule has 0 spiro atoms. The molecule has 1 saturated carbocycles. The molecule has 0 radical (unpaired) electrons. The lowest BCUT2D eigenvalue weighted by Crippen LogP contribution is -2.46. The molecule has 23 heavy (non-hydrogen) atoms. The van der Waals surface area contributed by atoms with E-state index in [1.54, 1.807) is 5.56 Å². The van der Waals surface area contributed by atoms with Crippen LogP contribution in [0.1, 0.15) is 18.4 Å². The Bertz CT molecular complexity index is 687. The predicted molar refractivity (Wildman–Crippen MR) is 106 cm³/mol. The van der Waals surface area contributed by atoms with E-state index in [-0.39, 0.29) is 0 Å². The number of fused-ring (bicyclic) bond motifs is 5. The lowest BCUT2D eigenvalue weighted by atomic mass is 9.82. The minimum absolute atomic E-state index is 0.653. The maximum absolute atomic E-state index is 3.70. The summed E-state index contributed by atoms with van der Waals surface area (Å²) < 4.78 is 1.22. The quantitative estimate of drug-likeness (QED) is 0.596. The summed E-state index contributed by atoms with van der Waals surface area (Å²) in [6.45, 7) is 9.95. The minimum Gasteiger partial charge on any atom is -0.370 e. The Morgan fingerprint density at radius 2 is 1.78 bits per heavy atom. The minimum atomic E-state index is -1.16. The van der Waals surface area contributed by atoms with Crippen LogP contribution in [0.3, 0.4) is 0 Å². The maximum atomic E-state index is 3.70. The van der Waals surface area contributed by atoms with Crippen LogP contribution >= 0.6 is 15.9 Å². The van der Waals surface area contributed by atoms with Crippen molar-refractivity contribution in [2.45, 2.75) is 38.5 Å². The zero-order chi connectivity index (χ0) is 16.4. The molecule has 0 amide bonds. The van der Waals surface area contributed by atoms with Gasteiger partial charge in [0.05, 0.1) is 8.07 Å². The fraction of sp³-hybridized carbons (Fsp3) is 0.500. The molecule has 3 aliphatic rings. The first-order valence-corrected chi connectivity index (χ1v) is 13.3. The molecule has 3 heteroatoms. The molecule has 0 aromatic heterocycles. The van der Waals surface area contributed by atoms with E-state index >= 15 is 0 Å². The molecule has 1 aromatic rings. The molecule has 1 aromatic carbocycles. The molecular formula is C20H26BrNSi. The number of allylic oxidation sites excluding steroid dienone is 4. The summed E-state index contributed by atoms with van der Waals surface area (Å²) in [4.78, 5) is 2.78. The van der Waals surface area contributed by atoms with Crippen molar-refractivity contribution in [3.8, 4) is 0 Å². The molecule has 1 heterocycles. The summed E-state index contributed by atoms with van der Waals surface area (Å²) in [7, 11) is -1.16. The number of benzene rings is 1. The van der Waals surface area contributed by atoms with Gasteiger partial charge in [-0.15, -0.1) is 0 Å². The Kier molecular flexibility index (Phi) is 3.65. The van der Waals surface area contributed by atoms with Gasteiger partial charge in [-0.3, -0.25) is 0 Å². The van der Waals surface area contributed by atoms with Gasteiger partial charge in [0.1, 0.15) is 0 Å². The lowest BCUT2D eigenvalue weighted by molar-refractivity contribution is 0.421. The molecule has 1 nitrogen and oxygen atoms in total. The van der Waals surface area contributed by atoms with E-state index in [0.717, 1.165) is 0 Å². The Morgan fingerprint density at radius 1 is 1.09 bits per heavy atom. The second-order valence-corrected chi connectivity index (χ2v) is 15.0. The smallest absolute Gasteiger partial charge is 0.0665 e. The SMILES string of the molecule is CC1C2C=CC=CC2C2c3cc(Br)ccc3N(C[Si](C)(C)C)C12. The molecule has 0 bridgehead atoms. The van der Waals surface area contributed by atoms with Crippen LogP contribution in [0.15, 0.2) is 47.0 Å². The molecule has 2 aliphatic carbocycles. The highest BCUT2D eigenvalue weighted by Gasteiger charge is 2.54. The van der Waals surface area contributed by atoms with Crippen molar-refractivity contribution in [2.24, 2.45) is 17.8 Å². The van der Waals surface area contributed by atoms with Crippen molar-refractivity contribution < 1.29 is 0 Å². The Balaban J connectivity index is 1.83. The van der Waals surface area contributed by atoms with Gasteiger partial charge >= 0.3 is 0 Å². The van der Waals surface area contributed by atoms with Crippen LogP contribution in [0, 0.1) is 17.8 Å². The Morgan fingerprint density at radius 3 is 2.48 bits per heavy atom. The van der Waals surface area contributed by atoms with E-state index in [2.05, 4.69) is 89.9 Å². The number of nitrogens with zero attached hydrogens (tertiary/aromatic N) is 1. The van der Waals surface area contributed by atoms with E-state index in [1.165, 1.54) is 16.3 Å². The topological polar surface area (TPSA) is 3.24 Å². The Labute approximate surface area is 149 Å². The fourth-order valence-corrected chi connectivity index (χ4v) is 6.88.